The molecular weight excluding hydrogens is 256 g/mol. The van der Waals surface area contributed by atoms with Gasteiger partial charge in [-0.25, -0.2) is 8.42 Å². The van der Waals surface area contributed by atoms with E-state index >= 15 is 0 Å². The molecule has 7 heteroatoms. The van der Waals surface area contributed by atoms with Crippen molar-refractivity contribution in [2.75, 3.05) is 0 Å². The standard InChI is InChI=1S/C8H5ClN2O2S2/c9-7-10-8(14-11-7)15(12,13)6-4-2-1-3-5-6/h1-5H. The van der Waals surface area contributed by atoms with Crippen LogP contribution in [-0.2, 0) is 9.84 Å². The number of benzene rings is 1. The third-order valence-electron chi connectivity index (χ3n) is 1.67. The van der Waals surface area contributed by atoms with Crippen LogP contribution in [0.2, 0.25) is 5.28 Å². The molecule has 0 saturated carbocycles. The molecule has 0 aliphatic carbocycles. The fraction of sp³-hybridized carbons (Fsp3) is 0. The van der Waals surface area contributed by atoms with E-state index in [1.165, 1.54) is 12.1 Å². The van der Waals surface area contributed by atoms with E-state index in [0.29, 0.717) is 0 Å². The van der Waals surface area contributed by atoms with Crippen molar-refractivity contribution >= 4 is 33.0 Å². The van der Waals surface area contributed by atoms with Crippen LogP contribution in [-0.4, -0.2) is 17.8 Å². The molecule has 78 valence electrons. The van der Waals surface area contributed by atoms with Crippen molar-refractivity contribution < 1.29 is 8.42 Å². The molecule has 0 N–H and O–H groups in total. The number of hydrogen-bond acceptors (Lipinski definition) is 5. The fourth-order valence-corrected chi connectivity index (χ4v) is 3.33. The number of hydrogen-bond donors (Lipinski definition) is 0. The molecule has 0 saturated heterocycles. The van der Waals surface area contributed by atoms with E-state index in [0.717, 1.165) is 11.5 Å². The summed E-state index contributed by atoms with van der Waals surface area (Å²) in [7, 11) is -3.56. The lowest BCUT2D eigenvalue weighted by atomic mass is 10.4. The van der Waals surface area contributed by atoms with Gasteiger partial charge in [0.25, 0.3) is 0 Å². The average Bonchev–Trinajstić information content (AvgIpc) is 2.67. The molecule has 0 amide bonds. The Labute approximate surface area is 95.6 Å². The number of sulfone groups is 1. The van der Waals surface area contributed by atoms with E-state index in [-0.39, 0.29) is 14.5 Å². The van der Waals surface area contributed by atoms with Gasteiger partial charge in [0.2, 0.25) is 19.5 Å². The largest absolute Gasteiger partial charge is 0.235 e. The van der Waals surface area contributed by atoms with Crippen molar-refractivity contribution in [3.63, 3.8) is 0 Å². The van der Waals surface area contributed by atoms with Gasteiger partial charge in [0.15, 0.2) is 0 Å². The molecule has 2 rings (SSSR count). The SMILES string of the molecule is O=S(=O)(c1ccccc1)c1nc(Cl)ns1. The molecule has 0 aliphatic rings. The Balaban J connectivity index is 2.54. The molecule has 0 spiro atoms. The molecule has 1 aromatic heterocycles. The Kier molecular flexibility index (Phi) is 2.72. The maximum Gasteiger partial charge on any atom is 0.235 e. The molecule has 0 radical (unpaired) electrons. The number of halogens is 1. The van der Waals surface area contributed by atoms with E-state index in [9.17, 15) is 8.42 Å². The van der Waals surface area contributed by atoms with Crippen molar-refractivity contribution in [1.82, 2.24) is 9.36 Å². The summed E-state index contributed by atoms with van der Waals surface area (Å²) in [6.45, 7) is 0. The second-order valence-corrected chi connectivity index (χ2v) is 5.86. The topological polar surface area (TPSA) is 59.9 Å². The monoisotopic (exact) mass is 260 g/mol. The van der Waals surface area contributed by atoms with Gasteiger partial charge in [-0.3, -0.25) is 0 Å². The summed E-state index contributed by atoms with van der Waals surface area (Å²) in [5.41, 5.74) is 0. The summed E-state index contributed by atoms with van der Waals surface area (Å²) in [5, 5.41) is -0.0468. The third kappa shape index (κ3) is 2.01. The highest BCUT2D eigenvalue weighted by atomic mass is 35.5. The number of nitrogens with zero attached hydrogens (tertiary/aromatic N) is 2. The zero-order valence-corrected chi connectivity index (χ0v) is 9.68. The van der Waals surface area contributed by atoms with Gasteiger partial charge in [-0.05, 0) is 35.3 Å². The molecule has 15 heavy (non-hydrogen) atoms. The minimum absolute atomic E-state index is 0.0468. The van der Waals surface area contributed by atoms with Gasteiger partial charge in [-0.2, -0.15) is 9.36 Å². The number of aromatic nitrogens is 2. The lowest BCUT2D eigenvalue weighted by Crippen LogP contribution is -2.00. The summed E-state index contributed by atoms with van der Waals surface area (Å²) in [6, 6.07) is 8.05. The van der Waals surface area contributed by atoms with Crippen molar-refractivity contribution in [3.8, 4) is 0 Å². The molecular formula is C8H5ClN2O2S2. The van der Waals surface area contributed by atoms with Gasteiger partial charge < -0.3 is 0 Å². The van der Waals surface area contributed by atoms with Crippen LogP contribution in [0.4, 0.5) is 0 Å². The van der Waals surface area contributed by atoms with Crippen LogP contribution in [0.5, 0.6) is 0 Å². The maximum atomic E-state index is 11.9. The summed E-state index contributed by atoms with van der Waals surface area (Å²) in [5.74, 6) is 0. The van der Waals surface area contributed by atoms with Crippen molar-refractivity contribution in [2.45, 2.75) is 9.24 Å². The Hall–Kier alpha value is -0.980. The number of rotatable bonds is 2. The summed E-state index contributed by atoms with van der Waals surface area (Å²) in [6.07, 6.45) is 0. The van der Waals surface area contributed by atoms with Crippen LogP contribution in [0.15, 0.2) is 39.6 Å². The van der Waals surface area contributed by atoms with E-state index in [4.69, 9.17) is 11.6 Å². The Morgan fingerprint density at radius 2 is 1.87 bits per heavy atom. The second kappa shape index (κ2) is 3.88. The lowest BCUT2D eigenvalue weighted by Gasteiger charge is -1.97. The molecule has 0 atom stereocenters. The van der Waals surface area contributed by atoms with Crippen LogP contribution in [0.1, 0.15) is 0 Å². The highest BCUT2D eigenvalue weighted by molar-refractivity contribution is 7.93. The molecule has 0 unspecified atom stereocenters. The third-order valence-corrected chi connectivity index (χ3v) is 4.77. The van der Waals surface area contributed by atoms with E-state index in [1.54, 1.807) is 18.2 Å². The fourth-order valence-electron chi connectivity index (χ4n) is 1.00. The van der Waals surface area contributed by atoms with E-state index < -0.39 is 9.84 Å². The quantitative estimate of drug-likeness (QED) is 0.829. The first-order valence-corrected chi connectivity index (χ1v) is 6.53. The summed E-state index contributed by atoms with van der Waals surface area (Å²) >= 11 is 6.25. The molecule has 4 nitrogen and oxygen atoms in total. The van der Waals surface area contributed by atoms with Crippen LogP contribution < -0.4 is 0 Å². The predicted octanol–water partition coefficient (Wildman–Crippen LogP) is 2.02. The van der Waals surface area contributed by atoms with Crippen LogP contribution in [0, 0.1) is 0 Å². The van der Waals surface area contributed by atoms with E-state index in [2.05, 4.69) is 9.36 Å². The zero-order valence-electron chi connectivity index (χ0n) is 7.29. The van der Waals surface area contributed by atoms with Gasteiger partial charge in [0.05, 0.1) is 4.90 Å². The van der Waals surface area contributed by atoms with Gasteiger partial charge in [0.1, 0.15) is 0 Å². The van der Waals surface area contributed by atoms with E-state index in [1.807, 2.05) is 0 Å². The normalized spacial score (nSPS) is 11.5. The van der Waals surface area contributed by atoms with Crippen molar-refractivity contribution in [3.05, 3.63) is 35.6 Å². The molecule has 2 aromatic rings. The zero-order chi connectivity index (χ0) is 10.9. The first kappa shape index (κ1) is 10.5. The molecule has 1 aromatic carbocycles. The van der Waals surface area contributed by atoms with Crippen LogP contribution in [0.25, 0.3) is 0 Å². The summed E-state index contributed by atoms with van der Waals surface area (Å²) in [4.78, 5) is 3.84. The first-order chi connectivity index (χ1) is 7.10. The van der Waals surface area contributed by atoms with Gasteiger partial charge in [-0.15, -0.1) is 0 Å². The van der Waals surface area contributed by atoms with Crippen molar-refractivity contribution in [1.29, 1.82) is 0 Å². The smallest absolute Gasteiger partial charge is 0.216 e. The minimum Gasteiger partial charge on any atom is -0.216 e. The predicted molar refractivity (Wildman–Crippen MR) is 56.8 cm³/mol. The van der Waals surface area contributed by atoms with Crippen LogP contribution in [0.3, 0.4) is 0 Å². The molecule has 0 fully saturated rings. The first-order valence-electron chi connectivity index (χ1n) is 3.90. The van der Waals surface area contributed by atoms with Gasteiger partial charge in [-0.1, -0.05) is 18.2 Å². The van der Waals surface area contributed by atoms with Crippen molar-refractivity contribution in [2.24, 2.45) is 0 Å². The van der Waals surface area contributed by atoms with Gasteiger partial charge in [0, 0.05) is 0 Å². The minimum atomic E-state index is -3.56. The average molecular weight is 261 g/mol. The Morgan fingerprint density at radius 3 is 2.40 bits per heavy atom. The second-order valence-electron chi connectivity index (χ2n) is 2.65. The Morgan fingerprint density at radius 1 is 1.20 bits per heavy atom. The highest BCUT2D eigenvalue weighted by Crippen LogP contribution is 2.22. The maximum absolute atomic E-state index is 11.9. The highest BCUT2D eigenvalue weighted by Gasteiger charge is 2.21. The Bertz CT molecular complexity index is 565. The molecule has 0 aliphatic heterocycles. The summed E-state index contributed by atoms with van der Waals surface area (Å²) < 4.78 is 27.3. The lowest BCUT2D eigenvalue weighted by molar-refractivity contribution is 0.595. The van der Waals surface area contributed by atoms with Gasteiger partial charge >= 0.3 is 0 Å². The van der Waals surface area contributed by atoms with Crippen LogP contribution >= 0.6 is 23.1 Å². The molecule has 0 bridgehead atoms. The molecule has 1 heterocycles.